The fourth-order valence-corrected chi connectivity index (χ4v) is 1.62. The van der Waals surface area contributed by atoms with Crippen LogP contribution in [-0.4, -0.2) is 6.10 Å². The Bertz CT molecular complexity index is 301. The van der Waals surface area contributed by atoms with Gasteiger partial charge in [0.05, 0.1) is 11.1 Å². The monoisotopic (exact) mass is 276 g/mol. The van der Waals surface area contributed by atoms with Gasteiger partial charge in [-0.25, -0.2) is 0 Å². The molecule has 1 aromatic carbocycles. The van der Waals surface area contributed by atoms with Crippen LogP contribution in [0.5, 0.6) is 5.75 Å². The summed E-state index contributed by atoms with van der Waals surface area (Å²) in [5.41, 5.74) is 1.16. The Labute approximate surface area is 98.5 Å². The molecular formula is C11H14BrClO. The highest BCUT2D eigenvalue weighted by Crippen LogP contribution is 2.27. The lowest BCUT2D eigenvalue weighted by molar-refractivity contribution is 0.217. The number of hydrogen-bond acceptors (Lipinski definition) is 1. The summed E-state index contributed by atoms with van der Waals surface area (Å²) in [6.07, 6.45) is 1.19. The summed E-state index contributed by atoms with van der Waals surface area (Å²) in [5, 5.41) is 1.50. The van der Waals surface area contributed by atoms with Gasteiger partial charge in [-0.1, -0.05) is 40.5 Å². The molecule has 0 aliphatic carbocycles. The van der Waals surface area contributed by atoms with Crippen LogP contribution in [0.4, 0.5) is 0 Å². The van der Waals surface area contributed by atoms with E-state index in [4.69, 9.17) is 16.3 Å². The Morgan fingerprint density at radius 2 is 2.21 bits per heavy atom. The molecular weight excluding hydrogens is 263 g/mol. The van der Waals surface area contributed by atoms with E-state index in [-0.39, 0.29) is 6.10 Å². The number of ether oxygens (including phenoxy) is 1. The highest BCUT2D eigenvalue weighted by Gasteiger charge is 2.05. The highest BCUT2D eigenvalue weighted by atomic mass is 79.9. The lowest BCUT2D eigenvalue weighted by Gasteiger charge is -2.14. The standard InChI is InChI=1S/C11H14BrClO/c1-3-8(2)14-11-5-4-9(7-12)6-10(11)13/h4-6,8H,3,7H2,1-2H3. The minimum absolute atomic E-state index is 0.210. The van der Waals surface area contributed by atoms with Crippen molar-refractivity contribution in [1.29, 1.82) is 0 Å². The van der Waals surface area contributed by atoms with Gasteiger partial charge in [0.15, 0.2) is 0 Å². The molecule has 0 heterocycles. The smallest absolute Gasteiger partial charge is 0.138 e. The van der Waals surface area contributed by atoms with E-state index in [2.05, 4.69) is 22.9 Å². The van der Waals surface area contributed by atoms with Crippen molar-refractivity contribution in [1.82, 2.24) is 0 Å². The van der Waals surface area contributed by atoms with Crippen LogP contribution in [0.15, 0.2) is 18.2 Å². The Kier molecular flexibility index (Phi) is 4.76. The topological polar surface area (TPSA) is 9.23 Å². The first-order valence-corrected chi connectivity index (χ1v) is 6.18. The minimum atomic E-state index is 0.210. The predicted molar refractivity (Wildman–Crippen MR) is 64.5 cm³/mol. The predicted octanol–water partition coefficient (Wildman–Crippen LogP) is 4.41. The van der Waals surface area contributed by atoms with E-state index >= 15 is 0 Å². The average Bonchev–Trinajstić information content (AvgIpc) is 2.20. The molecule has 1 nitrogen and oxygen atoms in total. The van der Waals surface area contributed by atoms with Crippen LogP contribution >= 0.6 is 27.5 Å². The van der Waals surface area contributed by atoms with Gasteiger partial charge in [0.1, 0.15) is 5.75 Å². The summed E-state index contributed by atoms with van der Waals surface area (Å²) in [5.74, 6) is 0.769. The maximum Gasteiger partial charge on any atom is 0.138 e. The fraction of sp³-hybridized carbons (Fsp3) is 0.455. The van der Waals surface area contributed by atoms with Gasteiger partial charge in [-0.05, 0) is 31.0 Å². The van der Waals surface area contributed by atoms with Crippen molar-refractivity contribution in [2.45, 2.75) is 31.7 Å². The van der Waals surface area contributed by atoms with E-state index < -0.39 is 0 Å². The van der Waals surface area contributed by atoms with E-state index in [0.29, 0.717) is 5.02 Å². The molecule has 1 unspecified atom stereocenters. The molecule has 14 heavy (non-hydrogen) atoms. The molecule has 0 amide bonds. The Balaban J connectivity index is 2.78. The van der Waals surface area contributed by atoms with Crippen molar-refractivity contribution in [3.63, 3.8) is 0 Å². The van der Waals surface area contributed by atoms with E-state index in [1.165, 1.54) is 0 Å². The Morgan fingerprint density at radius 3 is 2.71 bits per heavy atom. The molecule has 0 saturated carbocycles. The quantitative estimate of drug-likeness (QED) is 0.741. The van der Waals surface area contributed by atoms with Gasteiger partial charge >= 0.3 is 0 Å². The van der Waals surface area contributed by atoms with Crippen molar-refractivity contribution in [2.75, 3.05) is 0 Å². The zero-order chi connectivity index (χ0) is 10.6. The molecule has 0 fully saturated rings. The molecule has 1 aromatic rings. The van der Waals surface area contributed by atoms with Gasteiger partial charge in [-0.3, -0.25) is 0 Å². The SMILES string of the molecule is CCC(C)Oc1ccc(CBr)cc1Cl. The maximum atomic E-state index is 6.06. The van der Waals surface area contributed by atoms with Gasteiger partial charge in [0, 0.05) is 5.33 Å². The molecule has 0 radical (unpaired) electrons. The van der Waals surface area contributed by atoms with E-state index in [0.717, 1.165) is 23.1 Å². The number of rotatable bonds is 4. The molecule has 0 aromatic heterocycles. The van der Waals surface area contributed by atoms with E-state index in [9.17, 15) is 0 Å². The third-order valence-corrected chi connectivity index (χ3v) is 3.00. The fourth-order valence-electron chi connectivity index (χ4n) is 1.02. The third-order valence-electron chi connectivity index (χ3n) is 2.05. The zero-order valence-electron chi connectivity index (χ0n) is 8.39. The molecule has 0 bridgehead atoms. The molecule has 0 aliphatic heterocycles. The van der Waals surface area contributed by atoms with Gasteiger partial charge in [-0.15, -0.1) is 0 Å². The number of halogens is 2. The first kappa shape index (κ1) is 11.9. The summed E-state index contributed by atoms with van der Waals surface area (Å²) >= 11 is 9.44. The normalized spacial score (nSPS) is 12.6. The van der Waals surface area contributed by atoms with Crippen LogP contribution in [0.2, 0.25) is 5.02 Å². The second-order valence-corrected chi connectivity index (χ2v) is 4.20. The number of benzene rings is 1. The first-order chi connectivity index (χ1) is 6.67. The lowest BCUT2D eigenvalue weighted by Crippen LogP contribution is -2.09. The molecule has 0 aliphatic rings. The van der Waals surface area contributed by atoms with Crippen LogP contribution in [-0.2, 0) is 5.33 Å². The van der Waals surface area contributed by atoms with Gasteiger partial charge in [0.25, 0.3) is 0 Å². The molecule has 3 heteroatoms. The summed E-state index contributed by atoms with van der Waals surface area (Å²) in [7, 11) is 0. The van der Waals surface area contributed by atoms with Crippen LogP contribution in [0.1, 0.15) is 25.8 Å². The molecule has 0 N–H and O–H groups in total. The second kappa shape index (κ2) is 5.62. The third kappa shape index (κ3) is 3.18. The maximum absolute atomic E-state index is 6.06. The summed E-state index contributed by atoms with van der Waals surface area (Å²) in [4.78, 5) is 0. The lowest BCUT2D eigenvalue weighted by atomic mass is 10.2. The summed E-state index contributed by atoms with van der Waals surface area (Å²) in [6, 6.07) is 5.86. The van der Waals surface area contributed by atoms with Gasteiger partial charge < -0.3 is 4.74 Å². The van der Waals surface area contributed by atoms with E-state index in [1.54, 1.807) is 0 Å². The number of alkyl halides is 1. The molecule has 1 atom stereocenters. The van der Waals surface area contributed by atoms with Crippen LogP contribution in [0.3, 0.4) is 0 Å². The largest absolute Gasteiger partial charge is 0.489 e. The number of hydrogen-bond donors (Lipinski definition) is 0. The van der Waals surface area contributed by atoms with Crippen LogP contribution in [0, 0.1) is 0 Å². The Hall–Kier alpha value is -0.210. The van der Waals surface area contributed by atoms with Crippen molar-refractivity contribution in [3.8, 4) is 5.75 Å². The highest BCUT2D eigenvalue weighted by molar-refractivity contribution is 9.08. The molecule has 0 saturated heterocycles. The Morgan fingerprint density at radius 1 is 1.50 bits per heavy atom. The molecule has 0 spiro atoms. The second-order valence-electron chi connectivity index (χ2n) is 3.24. The van der Waals surface area contributed by atoms with Crippen LogP contribution in [0.25, 0.3) is 0 Å². The van der Waals surface area contributed by atoms with Crippen LogP contribution < -0.4 is 4.74 Å². The first-order valence-electron chi connectivity index (χ1n) is 4.68. The van der Waals surface area contributed by atoms with Crippen molar-refractivity contribution < 1.29 is 4.74 Å². The zero-order valence-corrected chi connectivity index (χ0v) is 10.7. The van der Waals surface area contributed by atoms with Crippen molar-refractivity contribution in [2.24, 2.45) is 0 Å². The van der Waals surface area contributed by atoms with Crippen molar-refractivity contribution in [3.05, 3.63) is 28.8 Å². The summed E-state index contributed by atoms with van der Waals surface area (Å²) in [6.45, 7) is 4.13. The van der Waals surface area contributed by atoms with E-state index in [1.807, 2.05) is 25.1 Å². The molecule has 78 valence electrons. The van der Waals surface area contributed by atoms with Gasteiger partial charge in [0.2, 0.25) is 0 Å². The average molecular weight is 278 g/mol. The van der Waals surface area contributed by atoms with Gasteiger partial charge in [-0.2, -0.15) is 0 Å². The van der Waals surface area contributed by atoms with Crippen molar-refractivity contribution >= 4 is 27.5 Å². The molecule has 1 rings (SSSR count). The minimum Gasteiger partial charge on any atom is -0.489 e. The summed E-state index contributed by atoms with van der Waals surface area (Å²) < 4.78 is 5.65.